The maximum absolute atomic E-state index is 8.79. The van der Waals surface area contributed by atoms with Crippen LogP contribution < -0.4 is 4.90 Å². The second-order valence-corrected chi connectivity index (χ2v) is 5.54. The van der Waals surface area contributed by atoms with Gasteiger partial charge in [0.05, 0.1) is 12.5 Å². The molecule has 2 aromatic carbocycles. The maximum Gasteiger partial charge on any atom is 0.0640 e. The monoisotopic (exact) mass is 362 g/mol. The zero-order chi connectivity index (χ0) is 13.5. The van der Waals surface area contributed by atoms with E-state index < -0.39 is 0 Å². The molecule has 0 aliphatic heterocycles. The Labute approximate surface area is 127 Å². The highest BCUT2D eigenvalue weighted by Gasteiger charge is 2.06. The van der Waals surface area contributed by atoms with E-state index in [9.17, 15) is 0 Å². The first-order valence-corrected chi connectivity index (χ1v) is 7.29. The van der Waals surface area contributed by atoms with E-state index in [0.717, 1.165) is 18.8 Å². The first kappa shape index (κ1) is 13.9. The molecule has 0 radical (unpaired) electrons. The molecule has 0 saturated carbocycles. The fourth-order valence-corrected chi connectivity index (χ4v) is 2.29. The molecule has 0 aliphatic carbocycles. The van der Waals surface area contributed by atoms with Crippen molar-refractivity contribution in [3.63, 3.8) is 0 Å². The lowest BCUT2D eigenvalue weighted by Gasteiger charge is -2.24. The number of nitriles is 1. The van der Waals surface area contributed by atoms with Crippen LogP contribution in [-0.2, 0) is 6.54 Å². The quantitative estimate of drug-likeness (QED) is 0.745. The van der Waals surface area contributed by atoms with Crippen LogP contribution in [0.25, 0.3) is 0 Å². The number of halogens is 1. The van der Waals surface area contributed by atoms with Crippen LogP contribution in [0.15, 0.2) is 54.6 Å². The smallest absolute Gasteiger partial charge is 0.0640 e. The number of nitrogens with zero attached hydrogens (tertiary/aromatic N) is 2. The van der Waals surface area contributed by atoms with Gasteiger partial charge < -0.3 is 4.90 Å². The maximum atomic E-state index is 8.79. The molecule has 0 N–H and O–H groups in total. The summed E-state index contributed by atoms with van der Waals surface area (Å²) in [6.07, 6.45) is 0.541. The Morgan fingerprint density at radius 2 is 1.68 bits per heavy atom. The minimum atomic E-state index is 0.541. The van der Waals surface area contributed by atoms with Crippen molar-refractivity contribution in [2.75, 3.05) is 11.4 Å². The topological polar surface area (TPSA) is 27.0 Å². The van der Waals surface area contributed by atoms with Crippen LogP contribution in [0.1, 0.15) is 12.0 Å². The van der Waals surface area contributed by atoms with E-state index in [1.165, 1.54) is 9.13 Å². The van der Waals surface area contributed by atoms with Crippen LogP contribution in [0.2, 0.25) is 0 Å². The fraction of sp³-hybridized carbons (Fsp3) is 0.188. The van der Waals surface area contributed by atoms with Crippen molar-refractivity contribution >= 4 is 28.3 Å². The number of hydrogen-bond donors (Lipinski definition) is 0. The van der Waals surface area contributed by atoms with Crippen molar-refractivity contribution in [3.8, 4) is 6.07 Å². The second kappa shape index (κ2) is 7.15. The van der Waals surface area contributed by atoms with Gasteiger partial charge in [-0.25, -0.2) is 0 Å². The summed E-state index contributed by atoms with van der Waals surface area (Å²) in [6, 6.07) is 21.0. The van der Waals surface area contributed by atoms with Crippen molar-refractivity contribution in [2.24, 2.45) is 0 Å². The van der Waals surface area contributed by atoms with Gasteiger partial charge in [-0.1, -0.05) is 30.3 Å². The summed E-state index contributed by atoms with van der Waals surface area (Å²) in [4.78, 5) is 2.24. The van der Waals surface area contributed by atoms with E-state index in [1.54, 1.807) is 0 Å². The number of anilines is 1. The molecule has 0 bridgehead atoms. The molecule has 0 amide bonds. The molecule has 0 unspecified atom stereocenters. The number of benzene rings is 2. The minimum Gasteiger partial charge on any atom is -0.366 e. The molecule has 2 aromatic rings. The Morgan fingerprint density at radius 1 is 1.00 bits per heavy atom. The van der Waals surface area contributed by atoms with Crippen molar-refractivity contribution in [1.29, 1.82) is 5.26 Å². The van der Waals surface area contributed by atoms with Crippen LogP contribution in [0, 0.1) is 14.9 Å². The first-order chi connectivity index (χ1) is 9.29. The highest BCUT2D eigenvalue weighted by molar-refractivity contribution is 14.1. The van der Waals surface area contributed by atoms with Gasteiger partial charge in [0.1, 0.15) is 0 Å². The van der Waals surface area contributed by atoms with E-state index >= 15 is 0 Å². The lowest BCUT2D eigenvalue weighted by atomic mass is 10.2. The average Bonchev–Trinajstić information content (AvgIpc) is 2.46. The second-order valence-electron chi connectivity index (χ2n) is 4.29. The van der Waals surface area contributed by atoms with E-state index in [0.29, 0.717) is 6.42 Å². The molecular weight excluding hydrogens is 347 g/mol. The summed E-state index contributed by atoms with van der Waals surface area (Å²) >= 11 is 2.31. The normalized spacial score (nSPS) is 9.89. The van der Waals surface area contributed by atoms with Crippen molar-refractivity contribution in [2.45, 2.75) is 13.0 Å². The number of hydrogen-bond acceptors (Lipinski definition) is 2. The van der Waals surface area contributed by atoms with Crippen molar-refractivity contribution in [1.82, 2.24) is 0 Å². The molecular formula is C16H15IN2. The van der Waals surface area contributed by atoms with Gasteiger partial charge in [-0.05, 0) is 52.4 Å². The third-order valence-corrected chi connectivity index (χ3v) is 3.62. The zero-order valence-electron chi connectivity index (χ0n) is 10.6. The first-order valence-electron chi connectivity index (χ1n) is 6.21. The summed E-state index contributed by atoms with van der Waals surface area (Å²) in [5, 5.41) is 8.79. The zero-order valence-corrected chi connectivity index (χ0v) is 12.7. The summed E-state index contributed by atoms with van der Waals surface area (Å²) in [5.74, 6) is 0. The van der Waals surface area contributed by atoms with Crippen LogP contribution in [0.5, 0.6) is 0 Å². The molecule has 2 nitrogen and oxygen atoms in total. The van der Waals surface area contributed by atoms with Gasteiger partial charge in [-0.3, -0.25) is 0 Å². The van der Waals surface area contributed by atoms with Gasteiger partial charge in [0.25, 0.3) is 0 Å². The molecule has 0 aliphatic rings. The van der Waals surface area contributed by atoms with Gasteiger partial charge in [-0.2, -0.15) is 5.26 Å². The van der Waals surface area contributed by atoms with E-state index in [2.05, 4.69) is 70.0 Å². The lowest BCUT2D eigenvalue weighted by Crippen LogP contribution is -2.23. The molecule has 2 rings (SSSR count). The lowest BCUT2D eigenvalue weighted by molar-refractivity contribution is 0.798. The molecule has 19 heavy (non-hydrogen) atoms. The molecule has 0 heterocycles. The molecule has 0 saturated heterocycles. The molecule has 0 fully saturated rings. The minimum absolute atomic E-state index is 0.541. The van der Waals surface area contributed by atoms with Crippen LogP contribution in [-0.4, -0.2) is 6.54 Å². The third kappa shape index (κ3) is 4.25. The third-order valence-electron chi connectivity index (χ3n) is 2.90. The van der Waals surface area contributed by atoms with Crippen molar-refractivity contribution in [3.05, 3.63) is 63.7 Å². The Balaban J connectivity index is 2.14. The van der Waals surface area contributed by atoms with Crippen LogP contribution in [0.3, 0.4) is 0 Å². The Bertz CT molecular complexity index is 543. The standard InChI is InChI=1S/C16H15IN2/c17-15-9-7-14(8-10-15)13-19(12-4-11-18)16-5-2-1-3-6-16/h1-3,5-10H,4,12-13H2. The average molecular weight is 362 g/mol. The molecule has 3 heteroatoms. The van der Waals surface area contributed by atoms with E-state index in [1.807, 2.05) is 18.2 Å². The van der Waals surface area contributed by atoms with Gasteiger partial charge in [0.15, 0.2) is 0 Å². The molecule has 96 valence electrons. The van der Waals surface area contributed by atoms with Gasteiger partial charge in [0, 0.05) is 22.3 Å². The SMILES string of the molecule is N#CCCN(Cc1ccc(I)cc1)c1ccccc1. The Morgan fingerprint density at radius 3 is 2.32 bits per heavy atom. The number of rotatable bonds is 5. The van der Waals surface area contributed by atoms with E-state index in [4.69, 9.17) is 5.26 Å². The van der Waals surface area contributed by atoms with Crippen molar-refractivity contribution < 1.29 is 0 Å². The Hall–Kier alpha value is -1.54. The van der Waals surface area contributed by atoms with Crippen LogP contribution in [0.4, 0.5) is 5.69 Å². The van der Waals surface area contributed by atoms with E-state index in [-0.39, 0.29) is 0 Å². The predicted octanol–water partition coefficient (Wildman–Crippen LogP) is 4.21. The van der Waals surface area contributed by atoms with Crippen LogP contribution >= 0.6 is 22.6 Å². The molecule has 0 aromatic heterocycles. The summed E-state index contributed by atoms with van der Waals surface area (Å²) < 4.78 is 1.24. The summed E-state index contributed by atoms with van der Waals surface area (Å²) in [7, 11) is 0. The fourth-order valence-electron chi connectivity index (χ4n) is 1.93. The molecule has 0 atom stereocenters. The number of para-hydroxylation sites is 1. The van der Waals surface area contributed by atoms with Gasteiger partial charge >= 0.3 is 0 Å². The van der Waals surface area contributed by atoms with Gasteiger partial charge in [0.2, 0.25) is 0 Å². The highest BCUT2D eigenvalue weighted by atomic mass is 127. The Kier molecular flexibility index (Phi) is 5.22. The predicted molar refractivity (Wildman–Crippen MR) is 86.9 cm³/mol. The largest absolute Gasteiger partial charge is 0.366 e. The summed E-state index contributed by atoms with van der Waals surface area (Å²) in [6.45, 7) is 1.59. The van der Waals surface area contributed by atoms with Gasteiger partial charge in [-0.15, -0.1) is 0 Å². The highest BCUT2D eigenvalue weighted by Crippen LogP contribution is 2.17. The molecule has 0 spiro atoms. The summed E-state index contributed by atoms with van der Waals surface area (Å²) in [5.41, 5.74) is 2.43.